The first-order valence-corrected chi connectivity index (χ1v) is 21.5. The van der Waals surface area contributed by atoms with Gasteiger partial charge in [0.05, 0.1) is 12.1 Å². The third kappa shape index (κ3) is 13.6. The standard InChI is InChI=1S/C42H72N6O5S/c1-29(2)39(44-41(51)40(30(3)4)45(6)7)42(52)46(8)28-34(53-9)25-36(49)31(5)20-24-47-23-14-17-35(47)37(54-10)26-38(50)48(33-18-21-43-22-19-33)27-32-15-12-11-13-16-32/h11-13,15-16,29-31,33-35,37,39-40,43H,14,17-28H2,1-10H3,(H,44,51). The van der Waals surface area contributed by atoms with Gasteiger partial charge in [-0.15, -0.1) is 0 Å². The van der Waals surface area contributed by atoms with Crippen LogP contribution in [-0.4, -0.2) is 146 Å². The molecule has 2 fully saturated rings. The van der Waals surface area contributed by atoms with E-state index in [1.54, 1.807) is 30.8 Å². The van der Waals surface area contributed by atoms with E-state index in [0.717, 1.165) is 58.3 Å². The van der Waals surface area contributed by atoms with Crippen LogP contribution in [0.3, 0.4) is 0 Å². The van der Waals surface area contributed by atoms with Crippen LogP contribution in [0.4, 0.5) is 0 Å². The third-order valence-electron chi connectivity index (χ3n) is 11.5. The number of likely N-dealkylation sites (N-methyl/N-ethyl adjacent to an activating group) is 2. The normalized spacial score (nSPS) is 19.8. The number of ether oxygens (including phenoxy) is 1. The number of nitrogens with zero attached hydrogens (tertiary/aromatic N) is 4. The molecule has 1 aromatic carbocycles. The predicted molar refractivity (Wildman–Crippen MR) is 220 cm³/mol. The van der Waals surface area contributed by atoms with Crippen LogP contribution < -0.4 is 10.6 Å². The number of likely N-dealkylation sites (tertiary alicyclic amines) is 1. The predicted octanol–water partition coefficient (Wildman–Crippen LogP) is 4.54. The second-order valence-electron chi connectivity index (χ2n) is 16.5. The first-order valence-electron chi connectivity index (χ1n) is 20.3. The van der Waals surface area contributed by atoms with Gasteiger partial charge in [-0.25, -0.2) is 0 Å². The van der Waals surface area contributed by atoms with Crippen molar-refractivity contribution in [1.82, 2.24) is 30.2 Å². The summed E-state index contributed by atoms with van der Waals surface area (Å²) in [6.07, 6.45) is 7.25. The number of Topliss-reactive ketones (excluding diaryl/α,β-unsaturated/α-hetero) is 1. The minimum atomic E-state index is -0.680. The molecule has 1 aromatic rings. The summed E-state index contributed by atoms with van der Waals surface area (Å²) in [6.45, 7) is 14.4. The number of amides is 3. The summed E-state index contributed by atoms with van der Waals surface area (Å²) in [4.78, 5) is 62.5. The van der Waals surface area contributed by atoms with Gasteiger partial charge in [-0.2, -0.15) is 11.8 Å². The highest BCUT2D eigenvalue weighted by atomic mass is 32.2. The van der Waals surface area contributed by atoms with Crippen LogP contribution in [0.15, 0.2) is 30.3 Å². The molecule has 3 amide bonds. The third-order valence-corrected chi connectivity index (χ3v) is 12.6. The second kappa shape index (κ2) is 22.9. The lowest BCUT2D eigenvalue weighted by molar-refractivity contribution is -0.140. The van der Waals surface area contributed by atoms with Crippen molar-refractivity contribution < 1.29 is 23.9 Å². The highest BCUT2D eigenvalue weighted by Crippen LogP contribution is 2.31. The average molecular weight is 773 g/mol. The number of nitrogens with one attached hydrogen (secondary N) is 2. The Kier molecular flexibility index (Phi) is 19.5. The molecule has 2 aliphatic heterocycles. The maximum Gasteiger partial charge on any atom is 0.245 e. The Labute approximate surface area is 331 Å². The molecule has 2 saturated heterocycles. The Bertz CT molecular complexity index is 1300. The number of rotatable bonds is 22. The van der Waals surface area contributed by atoms with E-state index in [0.29, 0.717) is 19.0 Å². The Morgan fingerprint density at radius 3 is 2.20 bits per heavy atom. The SMILES string of the molecule is COC(CC(=O)C(C)CCN1CCCC1C(CC(=O)N(Cc1ccccc1)C1CCNCC1)SC)CN(C)C(=O)C(NC(=O)C(C(C)C)N(C)C)C(C)C. The summed E-state index contributed by atoms with van der Waals surface area (Å²) in [7, 11) is 7.03. The maximum absolute atomic E-state index is 14.1. The molecule has 0 aliphatic carbocycles. The van der Waals surface area contributed by atoms with Crippen LogP contribution in [0.5, 0.6) is 0 Å². The number of carbonyl (C=O) groups excluding carboxylic acids is 4. The van der Waals surface area contributed by atoms with Crippen molar-refractivity contribution in [2.24, 2.45) is 17.8 Å². The fourth-order valence-corrected chi connectivity index (χ4v) is 9.15. The maximum atomic E-state index is 14.1. The molecule has 6 unspecified atom stereocenters. The van der Waals surface area contributed by atoms with Gasteiger partial charge in [0.25, 0.3) is 0 Å². The van der Waals surface area contributed by atoms with Gasteiger partial charge in [0.15, 0.2) is 0 Å². The summed E-state index contributed by atoms with van der Waals surface area (Å²) in [5.41, 5.74) is 1.17. The molecule has 2 heterocycles. The van der Waals surface area contributed by atoms with Gasteiger partial charge in [0.1, 0.15) is 11.8 Å². The molecule has 0 spiro atoms. The molecule has 2 aliphatic rings. The summed E-state index contributed by atoms with van der Waals surface area (Å²) < 4.78 is 5.73. The Balaban J connectivity index is 1.56. The largest absolute Gasteiger partial charge is 0.379 e. The van der Waals surface area contributed by atoms with Crippen molar-refractivity contribution >= 4 is 35.3 Å². The van der Waals surface area contributed by atoms with E-state index in [4.69, 9.17) is 4.74 Å². The molecule has 0 aromatic heterocycles. The molecular weight excluding hydrogens is 701 g/mol. The van der Waals surface area contributed by atoms with Gasteiger partial charge in [-0.3, -0.25) is 29.0 Å². The minimum absolute atomic E-state index is 0.0873. The molecule has 54 heavy (non-hydrogen) atoms. The van der Waals surface area contributed by atoms with Gasteiger partial charge in [0, 0.05) is 63.3 Å². The lowest BCUT2D eigenvalue weighted by Gasteiger charge is -2.37. The minimum Gasteiger partial charge on any atom is -0.379 e. The Morgan fingerprint density at radius 2 is 1.63 bits per heavy atom. The number of carbonyl (C=O) groups is 4. The van der Waals surface area contributed by atoms with Gasteiger partial charge in [0.2, 0.25) is 17.7 Å². The zero-order valence-electron chi connectivity index (χ0n) is 35.0. The first-order chi connectivity index (χ1) is 25.7. The van der Waals surface area contributed by atoms with Crippen LogP contribution in [0.25, 0.3) is 0 Å². The van der Waals surface area contributed by atoms with Crippen molar-refractivity contribution in [1.29, 1.82) is 0 Å². The summed E-state index contributed by atoms with van der Waals surface area (Å²) in [6, 6.07) is 9.86. The number of hydrogen-bond donors (Lipinski definition) is 2. The molecule has 12 heteroatoms. The summed E-state index contributed by atoms with van der Waals surface area (Å²) >= 11 is 1.80. The first kappa shape index (κ1) is 45.9. The van der Waals surface area contributed by atoms with E-state index < -0.39 is 12.1 Å². The Morgan fingerprint density at radius 1 is 0.963 bits per heavy atom. The topological polar surface area (TPSA) is 115 Å². The van der Waals surface area contributed by atoms with Gasteiger partial charge in [-0.05, 0) is 96.0 Å². The number of thioether (sulfide) groups is 1. The highest BCUT2D eigenvalue weighted by Gasteiger charge is 2.36. The smallest absolute Gasteiger partial charge is 0.245 e. The van der Waals surface area contributed by atoms with Crippen LogP contribution in [0.2, 0.25) is 0 Å². The Hall–Kier alpha value is -2.51. The molecule has 3 rings (SSSR count). The summed E-state index contributed by atoms with van der Waals surface area (Å²) in [5, 5.41) is 6.64. The van der Waals surface area contributed by atoms with Gasteiger partial charge in [-0.1, -0.05) is 65.0 Å². The quantitative estimate of drug-likeness (QED) is 0.176. The van der Waals surface area contributed by atoms with Crippen molar-refractivity contribution in [3.63, 3.8) is 0 Å². The molecule has 6 atom stereocenters. The van der Waals surface area contributed by atoms with Gasteiger partial charge < -0.3 is 25.2 Å². The van der Waals surface area contributed by atoms with Crippen molar-refractivity contribution in [2.75, 3.05) is 67.2 Å². The van der Waals surface area contributed by atoms with E-state index in [1.165, 1.54) is 5.56 Å². The van der Waals surface area contributed by atoms with Crippen molar-refractivity contribution in [3.8, 4) is 0 Å². The van der Waals surface area contributed by atoms with E-state index >= 15 is 0 Å². The summed E-state index contributed by atoms with van der Waals surface area (Å²) in [5.74, 6) is -0.185. The number of benzene rings is 1. The number of methoxy groups -OCH3 is 1. The monoisotopic (exact) mass is 773 g/mol. The van der Waals surface area contributed by atoms with Crippen LogP contribution >= 0.6 is 11.8 Å². The fourth-order valence-electron chi connectivity index (χ4n) is 8.22. The molecule has 11 nitrogen and oxygen atoms in total. The van der Waals surface area contributed by atoms with Crippen molar-refractivity contribution in [2.45, 2.75) is 122 Å². The molecule has 0 saturated carbocycles. The number of piperidine rings is 1. The van der Waals surface area contributed by atoms with E-state index in [2.05, 4.69) is 38.8 Å². The molecule has 2 N–H and O–H groups in total. The second-order valence-corrected chi connectivity index (χ2v) is 17.6. The number of hydrogen-bond acceptors (Lipinski definition) is 9. The lowest BCUT2D eigenvalue weighted by Crippen LogP contribution is -2.56. The van der Waals surface area contributed by atoms with E-state index in [1.807, 2.05) is 71.8 Å². The molecule has 0 bridgehead atoms. The number of ketones is 1. The fraction of sp³-hybridized carbons (Fsp3) is 0.762. The average Bonchev–Trinajstić information content (AvgIpc) is 3.62. The van der Waals surface area contributed by atoms with Crippen LogP contribution in [0.1, 0.15) is 85.1 Å². The van der Waals surface area contributed by atoms with Crippen LogP contribution in [0, 0.1) is 17.8 Å². The highest BCUT2D eigenvalue weighted by molar-refractivity contribution is 7.99. The molecular formula is C42H72N6O5S. The molecule has 306 valence electrons. The van der Waals surface area contributed by atoms with E-state index in [9.17, 15) is 19.2 Å². The lowest BCUT2D eigenvalue weighted by atomic mass is 9.96. The zero-order valence-corrected chi connectivity index (χ0v) is 35.8. The molecule has 0 radical (unpaired) electrons. The van der Waals surface area contributed by atoms with Crippen LogP contribution in [-0.2, 0) is 30.5 Å². The van der Waals surface area contributed by atoms with Crippen molar-refractivity contribution in [3.05, 3.63) is 35.9 Å². The zero-order chi connectivity index (χ0) is 39.9. The van der Waals surface area contributed by atoms with Gasteiger partial charge >= 0.3 is 0 Å². The van der Waals surface area contributed by atoms with E-state index in [-0.39, 0.29) is 71.6 Å².